The minimum atomic E-state index is -0.911. The van der Waals surface area contributed by atoms with Gasteiger partial charge in [0, 0.05) is 0 Å². The second kappa shape index (κ2) is 5.13. The fraction of sp³-hybridized carbons (Fsp3) is 0.200. The van der Waals surface area contributed by atoms with Gasteiger partial charge in [0.05, 0.1) is 25.5 Å². The summed E-state index contributed by atoms with van der Waals surface area (Å²) in [7, 11) is 2.41. The average Bonchev–Trinajstić information content (AvgIpc) is 2.36. The number of hydrogen-bond donors (Lipinski definition) is 1. The fourth-order valence-electron chi connectivity index (χ4n) is 1.05. The van der Waals surface area contributed by atoms with Gasteiger partial charge in [0.25, 0.3) is 0 Å². The van der Waals surface area contributed by atoms with Gasteiger partial charge in [-0.3, -0.25) is 5.21 Å². The minimum Gasteiger partial charge on any atom is -0.465 e. The molecule has 1 aromatic carbocycles. The van der Waals surface area contributed by atoms with Crippen LogP contribution in [-0.2, 0) is 9.47 Å². The van der Waals surface area contributed by atoms with Crippen LogP contribution < -0.4 is 5.06 Å². The molecule has 0 saturated carbocycles. The zero-order valence-corrected chi connectivity index (χ0v) is 8.84. The van der Waals surface area contributed by atoms with Gasteiger partial charge in [-0.05, 0) is 24.3 Å². The Hall–Kier alpha value is -2.08. The minimum absolute atomic E-state index is 0.194. The van der Waals surface area contributed by atoms with Crippen LogP contribution in [0.25, 0.3) is 0 Å². The van der Waals surface area contributed by atoms with Crippen molar-refractivity contribution in [3.63, 3.8) is 0 Å². The van der Waals surface area contributed by atoms with Crippen LogP contribution in [-0.4, -0.2) is 31.5 Å². The molecular formula is C10H11NO5. The summed E-state index contributed by atoms with van der Waals surface area (Å²) in [5.74, 6) is -0.492. The van der Waals surface area contributed by atoms with Crippen LogP contribution in [0.3, 0.4) is 0 Å². The van der Waals surface area contributed by atoms with Crippen molar-refractivity contribution < 1.29 is 24.3 Å². The number of hydrogen-bond acceptors (Lipinski definition) is 5. The Kier molecular flexibility index (Phi) is 3.84. The van der Waals surface area contributed by atoms with Crippen molar-refractivity contribution in [3.8, 4) is 0 Å². The molecule has 6 heteroatoms. The van der Waals surface area contributed by atoms with Crippen LogP contribution in [0.5, 0.6) is 0 Å². The van der Waals surface area contributed by atoms with Gasteiger partial charge in [-0.15, -0.1) is 0 Å². The summed E-state index contributed by atoms with van der Waals surface area (Å²) in [5, 5.41) is 9.65. The molecule has 0 spiro atoms. The second-order valence-corrected chi connectivity index (χ2v) is 2.82. The molecule has 86 valence electrons. The number of esters is 1. The van der Waals surface area contributed by atoms with E-state index in [0.717, 1.165) is 7.11 Å². The van der Waals surface area contributed by atoms with Crippen LogP contribution in [0.1, 0.15) is 10.4 Å². The predicted molar refractivity (Wildman–Crippen MR) is 54.5 cm³/mol. The quantitative estimate of drug-likeness (QED) is 0.468. The highest BCUT2D eigenvalue weighted by atomic mass is 16.6. The van der Waals surface area contributed by atoms with Gasteiger partial charge in [0.15, 0.2) is 0 Å². The Balaban J connectivity index is 2.86. The molecule has 1 rings (SSSR count). The zero-order chi connectivity index (χ0) is 12.1. The number of rotatable bonds is 2. The monoisotopic (exact) mass is 225 g/mol. The number of carbonyl (C=O) groups is 2. The number of methoxy groups -OCH3 is 2. The molecule has 0 aromatic heterocycles. The maximum Gasteiger partial charge on any atom is 0.438 e. The molecule has 0 bridgehead atoms. The van der Waals surface area contributed by atoms with Crippen molar-refractivity contribution in [1.29, 1.82) is 0 Å². The third-order valence-corrected chi connectivity index (χ3v) is 1.88. The zero-order valence-electron chi connectivity index (χ0n) is 8.84. The van der Waals surface area contributed by atoms with Gasteiger partial charge in [-0.1, -0.05) is 0 Å². The molecule has 0 saturated heterocycles. The van der Waals surface area contributed by atoms with Crippen LogP contribution in [0.2, 0.25) is 0 Å². The van der Waals surface area contributed by atoms with Crippen LogP contribution >= 0.6 is 0 Å². The summed E-state index contributed by atoms with van der Waals surface area (Å²) in [4.78, 5) is 22.0. The summed E-state index contributed by atoms with van der Waals surface area (Å²) >= 11 is 0. The van der Waals surface area contributed by atoms with Crippen molar-refractivity contribution >= 4 is 17.7 Å². The maximum absolute atomic E-state index is 11.1. The molecule has 0 fully saturated rings. The van der Waals surface area contributed by atoms with Gasteiger partial charge in [-0.2, -0.15) is 5.06 Å². The third-order valence-electron chi connectivity index (χ3n) is 1.88. The fourth-order valence-corrected chi connectivity index (χ4v) is 1.05. The van der Waals surface area contributed by atoms with Crippen LogP contribution in [0.4, 0.5) is 10.5 Å². The second-order valence-electron chi connectivity index (χ2n) is 2.82. The van der Waals surface area contributed by atoms with Gasteiger partial charge in [0.2, 0.25) is 0 Å². The number of amides is 1. The SMILES string of the molecule is COC(=O)c1ccc(N(O)C(=O)OC)cc1. The van der Waals surface area contributed by atoms with Crippen molar-refractivity contribution in [2.24, 2.45) is 0 Å². The van der Waals surface area contributed by atoms with E-state index in [9.17, 15) is 14.8 Å². The van der Waals surface area contributed by atoms with E-state index in [0.29, 0.717) is 10.6 Å². The van der Waals surface area contributed by atoms with Crippen LogP contribution in [0, 0.1) is 0 Å². The summed E-state index contributed by atoms with van der Waals surface area (Å²) in [5.41, 5.74) is 0.518. The highest BCUT2D eigenvalue weighted by Crippen LogP contribution is 2.14. The van der Waals surface area contributed by atoms with E-state index < -0.39 is 12.1 Å². The van der Waals surface area contributed by atoms with Gasteiger partial charge < -0.3 is 9.47 Å². The lowest BCUT2D eigenvalue weighted by Crippen LogP contribution is -2.26. The molecule has 16 heavy (non-hydrogen) atoms. The van der Waals surface area contributed by atoms with Gasteiger partial charge in [-0.25, -0.2) is 9.59 Å². The lowest BCUT2D eigenvalue weighted by atomic mass is 10.2. The molecule has 1 N–H and O–H groups in total. The summed E-state index contributed by atoms with van der Waals surface area (Å²) in [6.07, 6.45) is -0.911. The molecule has 0 unspecified atom stereocenters. The molecule has 0 heterocycles. The first kappa shape index (κ1) is 12.0. The topological polar surface area (TPSA) is 76.1 Å². The van der Waals surface area contributed by atoms with Gasteiger partial charge in [0.1, 0.15) is 0 Å². The van der Waals surface area contributed by atoms with E-state index in [-0.39, 0.29) is 5.69 Å². The van der Waals surface area contributed by atoms with E-state index in [2.05, 4.69) is 9.47 Å². The normalized spacial score (nSPS) is 9.44. The largest absolute Gasteiger partial charge is 0.465 e. The molecule has 0 aliphatic carbocycles. The number of ether oxygens (including phenoxy) is 2. The smallest absolute Gasteiger partial charge is 0.438 e. The highest BCUT2D eigenvalue weighted by molar-refractivity contribution is 5.91. The molecule has 1 aromatic rings. The van der Waals surface area contributed by atoms with E-state index in [1.165, 1.54) is 31.4 Å². The van der Waals surface area contributed by atoms with E-state index in [1.807, 2.05) is 0 Å². The number of hydroxylamine groups is 1. The average molecular weight is 225 g/mol. The standard InChI is InChI=1S/C10H11NO5/c1-15-9(12)7-3-5-8(6-4-7)11(14)10(13)16-2/h3-6,14H,1-2H3. The van der Waals surface area contributed by atoms with E-state index in [4.69, 9.17) is 0 Å². The number of anilines is 1. The predicted octanol–water partition coefficient (Wildman–Crippen LogP) is 1.44. The Labute approximate surface area is 91.9 Å². The molecule has 0 atom stereocenters. The summed E-state index contributed by atoms with van der Waals surface area (Å²) in [6, 6.07) is 5.63. The van der Waals surface area contributed by atoms with Crippen molar-refractivity contribution in [3.05, 3.63) is 29.8 Å². The third kappa shape index (κ3) is 2.48. The maximum atomic E-state index is 11.1. The van der Waals surface area contributed by atoms with Crippen LogP contribution in [0.15, 0.2) is 24.3 Å². The molecular weight excluding hydrogens is 214 g/mol. The summed E-state index contributed by atoms with van der Waals surface area (Å²) in [6.45, 7) is 0. The van der Waals surface area contributed by atoms with Crippen molar-refractivity contribution in [1.82, 2.24) is 0 Å². The first-order chi connectivity index (χ1) is 7.60. The Bertz CT molecular complexity index is 387. The first-order valence-corrected chi connectivity index (χ1v) is 4.35. The molecule has 0 radical (unpaired) electrons. The Morgan fingerprint density at radius 3 is 2.12 bits per heavy atom. The lowest BCUT2D eigenvalue weighted by molar-refractivity contribution is 0.0600. The number of carbonyl (C=O) groups excluding carboxylic acids is 2. The summed E-state index contributed by atoms with van der Waals surface area (Å²) < 4.78 is 8.81. The van der Waals surface area contributed by atoms with Crippen molar-refractivity contribution in [2.75, 3.05) is 19.3 Å². The first-order valence-electron chi connectivity index (χ1n) is 4.35. The molecule has 0 aliphatic heterocycles. The number of benzene rings is 1. The number of nitrogens with zero attached hydrogens (tertiary/aromatic N) is 1. The molecule has 0 aliphatic rings. The lowest BCUT2D eigenvalue weighted by Gasteiger charge is -2.12. The van der Waals surface area contributed by atoms with Crippen molar-refractivity contribution in [2.45, 2.75) is 0 Å². The van der Waals surface area contributed by atoms with E-state index in [1.54, 1.807) is 0 Å². The Morgan fingerprint density at radius 2 is 1.69 bits per heavy atom. The van der Waals surface area contributed by atoms with E-state index >= 15 is 0 Å². The Morgan fingerprint density at radius 1 is 1.12 bits per heavy atom. The molecule has 1 amide bonds. The molecule has 6 nitrogen and oxygen atoms in total. The van der Waals surface area contributed by atoms with Gasteiger partial charge >= 0.3 is 12.1 Å². The highest BCUT2D eigenvalue weighted by Gasteiger charge is 2.13.